The van der Waals surface area contributed by atoms with E-state index in [1.807, 2.05) is 13.8 Å². The summed E-state index contributed by atoms with van der Waals surface area (Å²) in [5, 5.41) is 8.67. The van der Waals surface area contributed by atoms with Crippen LogP contribution in [0.1, 0.15) is 87.0 Å². The van der Waals surface area contributed by atoms with E-state index < -0.39 is 0 Å². The zero-order valence-corrected chi connectivity index (χ0v) is 36.3. The summed E-state index contributed by atoms with van der Waals surface area (Å²) in [4.78, 5) is -0.278. The van der Waals surface area contributed by atoms with Crippen LogP contribution < -0.4 is 0 Å². The van der Waals surface area contributed by atoms with Gasteiger partial charge in [-0.1, -0.05) is 109 Å². The average Bonchev–Trinajstić information content (AvgIpc) is 3.62. The molecule has 1 saturated heterocycles. The van der Waals surface area contributed by atoms with Crippen LogP contribution in [0.25, 0.3) is 0 Å². The Hall–Kier alpha value is 5.13. The van der Waals surface area contributed by atoms with Crippen molar-refractivity contribution in [3.05, 3.63) is 6.92 Å². The van der Waals surface area contributed by atoms with Crippen molar-refractivity contribution in [1.29, 1.82) is 0 Å². The van der Waals surface area contributed by atoms with Crippen molar-refractivity contribution < 1.29 is 19.5 Å². The number of rotatable bonds is 7. The standard InChI is InChI=1S/C6H14O.C5H12O.C4H8O.C3H5I3.C2H5.CH3Cl.3HI.V/c1-4-6(5-2)7-3;1-3-5(6)4-2;1-2-4-3-5-4;1-2-3(4,5)6;2*1-2;;;;/h6H,4-5H2,1-3H3;5-6H,3-4H2,1-2H3;4H,2-3H2,1H3;2H2,1H3;1H2,2H3;1H3;3*1H;/q;;;;-1;;;;;+3/p-3. The molecule has 204 valence electrons. The Balaban J connectivity index is -0.0000000639. The molecule has 0 bridgehead atoms. The average molecular weight is 1200 g/mol. The Labute approximate surface area is 285 Å². The summed E-state index contributed by atoms with van der Waals surface area (Å²) >= 11 is 19.3. The molecule has 0 radical (unpaired) electrons. The van der Waals surface area contributed by atoms with Crippen molar-refractivity contribution in [1.82, 2.24) is 0 Å². The van der Waals surface area contributed by atoms with Crippen LogP contribution in [0.2, 0.25) is 0 Å². The minimum absolute atomic E-state index is 0.0648. The van der Waals surface area contributed by atoms with Crippen LogP contribution >= 0.6 is 139 Å². The maximum atomic E-state index is 8.67. The summed E-state index contributed by atoms with van der Waals surface area (Å²) in [7, 11) is 1.76. The van der Waals surface area contributed by atoms with Crippen molar-refractivity contribution in [3.63, 3.8) is 0 Å². The molecule has 0 aliphatic carbocycles. The van der Waals surface area contributed by atoms with E-state index in [9.17, 15) is 0 Å². The van der Waals surface area contributed by atoms with Gasteiger partial charge in [-0.15, -0.1) is 11.6 Å². The van der Waals surface area contributed by atoms with Crippen LogP contribution in [0.3, 0.4) is 0 Å². The molecule has 11 heteroatoms. The molecule has 32 heavy (non-hydrogen) atoms. The van der Waals surface area contributed by atoms with Crippen molar-refractivity contribution >= 4 is 139 Å². The van der Waals surface area contributed by atoms with E-state index in [4.69, 9.17) is 14.6 Å². The molecule has 1 atom stereocenters. The molecule has 0 aromatic heterocycles. The van der Waals surface area contributed by atoms with E-state index in [-0.39, 0.29) is 11.0 Å². The number of aliphatic hydroxyl groups is 1. The molecular formula is C21H47ClI6O3V-. The number of methoxy groups -OCH3 is 1. The second kappa shape index (κ2) is 43.2. The van der Waals surface area contributed by atoms with E-state index in [2.05, 4.69) is 174 Å². The van der Waals surface area contributed by atoms with Crippen molar-refractivity contribution in [3.8, 4) is 0 Å². The van der Waals surface area contributed by atoms with Gasteiger partial charge in [0, 0.05) is 13.5 Å². The van der Waals surface area contributed by atoms with Crippen molar-refractivity contribution in [2.24, 2.45) is 0 Å². The summed E-state index contributed by atoms with van der Waals surface area (Å²) in [6.07, 6.45) is 8.99. The summed E-state index contributed by atoms with van der Waals surface area (Å²) in [5.74, 6) is 0. The van der Waals surface area contributed by atoms with E-state index in [0.29, 0.717) is 11.6 Å². The monoisotopic (exact) mass is 1190 g/mol. The van der Waals surface area contributed by atoms with E-state index in [1.165, 1.54) is 19.2 Å². The molecule has 1 aliphatic rings. The molecule has 1 rings (SSSR count). The topological polar surface area (TPSA) is 42.0 Å². The molecule has 0 aromatic rings. The maximum absolute atomic E-state index is 8.67. The Bertz CT molecular complexity index is 272. The summed E-state index contributed by atoms with van der Waals surface area (Å²) in [6.45, 7) is 18.6. The number of hydrogen-bond acceptors (Lipinski definition) is 3. The predicted molar refractivity (Wildman–Crippen MR) is 198 cm³/mol. The van der Waals surface area contributed by atoms with Crippen LogP contribution in [0.15, 0.2) is 0 Å². The number of epoxide rings is 1. The van der Waals surface area contributed by atoms with Gasteiger partial charge in [0.1, 0.15) is -0.565 Å². The predicted octanol–water partition coefficient (Wildman–Crippen LogP) is 11.5. The van der Waals surface area contributed by atoms with E-state index >= 15 is 0 Å². The SMILES string of the molecule is CCC(CC)OC.CCC(I)(I)I.CCC(O)CC.CCC1CO1.CCl.[CH2-]C.[I][V]([I])[I]. The van der Waals surface area contributed by atoms with Crippen LogP contribution in [0.4, 0.5) is 0 Å². The molecule has 1 N–H and O–H groups in total. The van der Waals surface area contributed by atoms with Crippen molar-refractivity contribution in [2.45, 2.75) is 105 Å². The number of ether oxygens (including phenoxy) is 2. The first-order chi connectivity index (χ1) is 14.9. The third kappa shape index (κ3) is 76.5. The number of hydrogen-bond donors (Lipinski definition) is 1. The molecule has 1 unspecified atom stereocenters. The van der Waals surface area contributed by atoms with Gasteiger partial charge in [-0.25, -0.2) is 0 Å². The van der Waals surface area contributed by atoms with Crippen molar-refractivity contribution in [2.75, 3.05) is 20.1 Å². The fraction of sp³-hybridized carbons (Fsp3) is 0.952. The number of alkyl halides is 4. The Morgan fingerprint density at radius 2 is 1.25 bits per heavy atom. The molecule has 1 fully saturated rings. The molecule has 0 saturated carbocycles. The minimum atomic E-state index is -0.278. The van der Waals surface area contributed by atoms with Crippen LogP contribution in [0.5, 0.6) is 0 Å². The zero-order chi connectivity index (χ0) is 27.2. The molecule has 3 nitrogen and oxygen atoms in total. The van der Waals surface area contributed by atoms with Gasteiger partial charge in [-0.3, -0.25) is 0 Å². The Morgan fingerprint density at radius 3 is 1.25 bits per heavy atom. The second-order valence-electron chi connectivity index (χ2n) is 5.67. The van der Waals surface area contributed by atoms with Gasteiger partial charge in [0.2, 0.25) is 0 Å². The normalized spacial score (nSPS) is 13.2. The Kier molecular flexibility index (Phi) is 67.5. The fourth-order valence-corrected chi connectivity index (χ4v) is 1.21. The van der Waals surface area contributed by atoms with Gasteiger partial charge >= 0.3 is 64.9 Å². The van der Waals surface area contributed by atoms with Gasteiger partial charge in [-0.05, 0) is 38.5 Å². The van der Waals surface area contributed by atoms with Gasteiger partial charge in [0.05, 0.1) is 24.9 Å². The second-order valence-corrected chi connectivity index (χ2v) is 52.8. The first-order valence-corrected chi connectivity index (χ1v) is 28.1. The molecular weight excluding hydrogens is 1150 g/mol. The molecule has 0 aromatic carbocycles. The zero-order valence-electron chi connectivity index (χ0n) is 21.2. The third-order valence-corrected chi connectivity index (χ3v) is 5.73. The first-order valence-electron chi connectivity index (χ1n) is 10.6. The van der Waals surface area contributed by atoms with E-state index in [0.717, 1.165) is 32.3 Å². The molecule has 1 heterocycles. The fourth-order valence-electron chi connectivity index (χ4n) is 1.21. The van der Waals surface area contributed by atoms with Crippen LogP contribution in [0, 0.1) is 6.92 Å². The quantitative estimate of drug-likeness (QED) is 0.120. The molecule has 0 amide bonds. The summed E-state index contributed by atoms with van der Waals surface area (Å²) in [6, 6.07) is 0. The summed E-state index contributed by atoms with van der Waals surface area (Å²) in [5.41, 5.74) is 0. The van der Waals surface area contributed by atoms with Gasteiger partial charge in [-0.2, -0.15) is 6.92 Å². The first kappa shape index (κ1) is 50.0. The Morgan fingerprint density at radius 1 is 0.969 bits per heavy atom. The summed E-state index contributed by atoms with van der Waals surface area (Å²) < 4.78 is 10.4. The van der Waals surface area contributed by atoms with Gasteiger partial charge in [0.15, 0.2) is 0 Å². The van der Waals surface area contributed by atoms with Gasteiger partial charge < -0.3 is 21.5 Å². The molecule has 1 aliphatic heterocycles. The molecule has 0 spiro atoms. The van der Waals surface area contributed by atoms with Crippen LogP contribution in [-0.4, -0.2) is 43.0 Å². The number of halogens is 7. The van der Waals surface area contributed by atoms with E-state index in [1.54, 1.807) is 14.0 Å². The van der Waals surface area contributed by atoms with Gasteiger partial charge in [0.25, 0.3) is 0 Å². The van der Waals surface area contributed by atoms with Crippen LogP contribution in [-0.2, 0) is 14.4 Å². The number of aliphatic hydroxyl groups excluding tert-OH is 1. The third-order valence-electron chi connectivity index (χ3n) is 3.45.